The minimum atomic E-state index is -1.43. The van der Waals surface area contributed by atoms with Crippen LogP contribution in [0.25, 0.3) is 0 Å². The number of thiophene rings is 1. The molecule has 0 saturated heterocycles. The number of amides is 2. The fourth-order valence-electron chi connectivity index (χ4n) is 5.91. The van der Waals surface area contributed by atoms with Crippen molar-refractivity contribution in [3.8, 4) is 6.07 Å². The molecule has 0 spiro atoms. The Hall–Kier alpha value is -5.70. The number of fused-ring (bicyclic) bond motifs is 1. The Morgan fingerprint density at radius 2 is 1.57 bits per heavy atom. The first-order chi connectivity index (χ1) is 23.7. The van der Waals surface area contributed by atoms with Gasteiger partial charge in [0.25, 0.3) is 5.91 Å². The summed E-state index contributed by atoms with van der Waals surface area (Å²) in [6, 6.07) is 32.0. The largest absolute Gasteiger partial charge is 0.478 e. The van der Waals surface area contributed by atoms with Gasteiger partial charge in [0.1, 0.15) is 16.3 Å². The number of hydrogen-bond donors (Lipinski definition) is 4. The van der Waals surface area contributed by atoms with Crippen LogP contribution in [0.5, 0.6) is 0 Å². The molecule has 2 amide bonds. The third kappa shape index (κ3) is 7.41. The lowest BCUT2D eigenvalue weighted by molar-refractivity contribution is -0.115. The molecule has 4 aromatic carbocycles. The highest BCUT2D eigenvalue weighted by molar-refractivity contribution is 8.00. The van der Waals surface area contributed by atoms with Gasteiger partial charge < -0.3 is 20.8 Å². The van der Waals surface area contributed by atoms with E-state index in [0.29, 0.717) is 27.1 Å². The lowest BCUT2D eigenvalue weighted by Crippen LogP contribution is -2.19. The number of carbonyl (C=O) groups is 4. The van der Waals surface area contributed by atoms with Gasteiger partial charge in [-0.15, -0.1) is 23.1 Å². The topological polar surface area (TPSA) is 157 Å². The van der Waals surface area contributed by atoms with E-state index in [9.17, 15) is 34.7 Å². The molecule has 2 unspecified atom stereocenters. The van der Waals surface area contributed by atoms with Gasteiger partial charge in [-0.3, -0.25) is 9.59 Å². The fraction of sp³-hybridized carbons (Fsp3) is 0.132. The van der Waals surface area contributed by atoms with Gasteiger partial charge in [0.05, 0.1) is 22.3 Å². The third-order valence-electron chi connectivity index (χ3n) is 8.31. The molecular weight excluding hydrogens is 659 g/mol. The van der Waals surface area contributed by atoms with Gasteiger partial charge in [-0.1, -0.05) is 66.7 Å². The number of carbonyl (C=O) groups excluding carboxylic acids is 2. The number of nitriles is 1. The predicted octanol–water partition coefficient (Wildman–Crippen LogP) is 8.01. The number of benzene rings is 4. The number of carboxylic acids is 2. The van der Waals surface area contributed by atoms with Gasteiger partial charge in [-0.05, 0) is 78.3 Å². The summed E-state index contributed by atoms with van der Waals surface area (Å²) in [7, 11) is 0. The molecule has 0 aliphatic heterocycles. The Balaban J connectivity index is 1.23. The van der Waals surface area contributed by atoms with Crippen LogP contribution in [0.3, 0.4) is 0 Å². The van der Waals surface area contributed by atoms with E-state index in [2.05, 4.69) is 28.8 Å². The minimum Gasteiger partial charge on any atom is -0.478 e. The van der Waals surface area contributed by atoms with Crippen molar-refractivity contribution in [2.24, 2.45) is 0 Å². The summed E-state index contributed by atoms with van der Waals surface area (Å²) in [5.41, 5.74) is 3.00. The molecule has 1 aromatic heterocycles. The first-order valence-electron chi connectivity index (χ1n) is 15.4. The van der Waals surface area contributed by atoms with Crippen LogP contribution >= 0.6 is 23.1 Å². The number of rotatable bonds is 10. The molecule has 4 N–H and O–H groups in total. The molecule has 6 rings (SSSR count). The Morgan fingerprint density at radius 3 is 2.27 bits per heavy atom. The predicted molar refractivity (Wildman–Crippen MR) is 189 cm³/mol. The number of aromatic carboxylic acids is 2. The summed E-state index contributed by atoms with van der Waals surface area (Å²) >= 11 is 2.72. The highest BCUT2D eigenvalue weighted by Crippen LogP contribution is 2.43. The summed E-state index contributed by atoms with van der Waals surface area (Å²) in [6.07, 6.45) is 2.50. The molecule has 11 heteroatoms. The van der Waals surface area contributed by atoms with Crippen LogP contribution in [0.4, 0.5) is 10.7 Å². The van der Waals surface area contributed by atoms with Gasteiger partial charge in [0.15, 0.2) is 0 Å². The first kappa shape index (κ1) is 33.2. The number of carboxylic acid groups (broad SMARTS) is 2. The Kier molecular flexibility index (Phi) is 9.89. The van der Waals surface area contributed by atoms with E-state index in [0.717, 1.165) is 47.4 Å². The van der Waals surface area contributed by atoms with Crippen molar-refractivity contribution in [3.63, 3.8) is 0 Å². The minimum absolute atomic E-state index is 0.195. The van der Waals surface area contributed by atoms with Crippen LogP contribution in [-0.4, -0.2) is 34.0 Å². The molecule has 0 radical (unpaired) electrons. The van der Waals surface area contributed by atoms with Crippen LogP contribution in [0.15, 0.2) is 108 Å². The second-order valence-corrected chi connectivity index (χ2v) is 13.7. The summed E-state index contributed by atoms with van der Waals surface area (Å²) in [5, 5.41) is 34.5. The summed E-state index contributed by atoms with van der Waals surface area (Å²) in [6.45, 7) is 0. The van der Waals surface area contributed by atoms with E-state index in [-0.39, 0.29) is 17.0 Å². The van der Waals surface area contributed by atoms with E-state index < -0.39 is 28.7 Å². The molecule has 244 valence electrons. The molecule has 0 saturated carbocycles. The lowest BCUT2D eigenvalue weighted by atomic mass is 9.83. The lowest BCUT2D eigenvalue weighted by Gasteiger charge is -2.22. The zero-order valence-electron chi connectivity index (χ0n) is 25.9. The molecular formula is C38H29N3O6S2. The van der Waals surface area contributed by atoms with Crippen LogP contribution in [0.2, 0.25) is 0 Å². The van der Waals surface area contributed by atoms with Gasteiger partial charge in [0.2, 0.25) is 5.91 Å². The van der Waals surface area contributed by atoms with E-state index >= 15 is 0 Å². The van der Waals surface area contributed by atoms with E-state index in [4.69, 9.17) is 0 Å². The van der Waals surface area contributed by atoms with Crippen LogP contribution in [0, 0.1) is 11.3 Å². The molecule has 1 aliphatic rings. The van der Waals surface area contributed by atoms with Crippen molar-refractivity contribution in [2.45, 2.75) is 35.3 Å². The highest BCUT2D eigenvalue weighted by Gasteiger charge is 2.29. The van der Waals surface area contributed by atoms with Gasteiger partial charge >= 0.3 is 11.9 Å². The zero-order chi connectivity index (χ0) is 34.5. The van der Waals surface area contributed by atoms with Crippen molar-refractivity contribution in [3.05, 3.63) is 147 Å². The molecule has 9 nitrogen and oxygen atoms in total. The quantitative estimate of drug-likeness (QED) is 0.108. The van der Waals surface area contributed by atoms with Crippen LogP contribution in [0.1, 0.15) is 75.8 Å². The van der Waals surface area contributed by atoms with E-state index in [1.54, 1.807) is 24.3 Å². The normalized spacial score (nSPS) is 14.1. The SMILES string of the molecule is N#Cc1c(NC(=O)C(Sc2cccc(NC(=O)c3ccc(C(=O)O)cc3C(=O)O)c2)c2ccccc2)sc2c1CCC(c1ccccc1)C2. The number of anilines is 2. The molecule has 1 aliphatic carbocycles. The second-order valence-electron chi connectivity index (χ2n) is 11.4. The maximum absolute atomic E-state index is 14.0. The average Bonchev–Trinajstić information content (AvgIpc) is 3.47. The zero-order valence-corrected chi connectivity index (χ0v) is 27.5. The monoisotopic (exact) mass is 687 g/mol. The van der Waals surface area contributed by atoms with E-state index in [1.807, 2.05) is 48.5 Å². The van der Waals surface area contributed by atoms with Crippen molar-refractivity contribution < 1.29 is 29.4 Å². The molecule has 0 fully saturated rings. The molecule has 49 heavy (non-hydrogen) atoms. The smallest absolute Gasteiger partial charge is 0.336 e. The Bertz CT molecular complexity index is 2110. The standard InChI is InChI=1S/C38H29N3O6S2/c39-21-31-28-16-14-24(22-8-3-1-4-9-22)19-32(28)49-36(31)41-35(43)33(23-10-5-2-6-11-23)48-27-13-7-12-26(20-27)40-34(42)29-17-15-25(37(44)45)18-30(29)38(46)47/h1-13,15,17-18,20,24,33H,14,16,19H2,(H,40,42)(H,41,43)(H,44,45)(H,46,47). The molecule has 5 aromatic rings. The van der Waals surface area contributed by atoms with Crippen LogP contribution in [-0.2, 0) is 17.6 Å². The van der Waals surface area contributed by atoms with Crippen molar-refractivity contribution in [1.29, 1.82) is 5.26 Å². The number of hydrogen-bond acceptors (Lipinski definition) is 7. The molecule has 0 bridgehead atoms. The maximum atomic E-state index is 14.0. The number of thioether (sulfide) groups is 1. The van der Waals surface area contributed by atoms with Crippen LogP contribution < -0.4 is 10.6 Å². The Labute approximate surface area is 290 Å². The number of nitrogens with one attached hydrogen (secondary N) is 2. The van der Waals surface area contributed by atoms with Gasteiger partial charge in [-0.25, -0.2) is 9.59 Å². The first-order valence-corrected chi connectivity index (χ1v) is 17.1. The maximum Gasteiger partial charge on any atom is 0.336 e. The number of nitrogens with zero attached hydrogens (tertiary/aromatic N) is 1. The van der Waals surface area contributed by atoms with E-state index in [1.165, 1.54) is 34.7 Å². The Morgan fingerprint density at radius 1 is 0.837 bits per heavy atom. The fourth-order valence-corrected chi connectivity index (χ4v) is 8.28. The third-order valence-corrected chi connectivity index (χ3v) is 10.7. The van der Waals surface area contributed by atoms with Crippen molar-refractivity contribution in [2.75, 3.05) is 10.6 Å². The second kappa shape index (κ2) is 14.6. The summed E-state index contributed by atoms with van der Waals surface area (Å²) < 4.78 is 0. The summed E-state index contributed by atoms with van der Waals surface area (Å²) in [5.74, 6) is -3.42. The van der Waals surface area contributed by atoms with Crippen molar-refractivity contribution in [1.82, 2.24) is 0 Å². The van der Waals surface area contributed by atoms with Crippen molar-refractivity contribution >= 4 is 57.5 Å². The molecule has 1 heterocycles. The summed E-state index contributed by atoms with van der Waals surface area (Å²) in [4.78, 5) is 52.0. The van der Waals surface area contributed by atoms with Gasteiger partial charge in [0, 0.05) is 15.5 Å². The molecule has 2 atom stereocenters. The average molecular weight is 688 g/mol. The van der Waals surface area contributed by atoms with Gasteiger partial charge in [-0.2, -0.15) is 5.26 Å². The highest BCUT2D eigenvalue weighted by atomic mass is 32.2.